The average molecular weight is 270 g/mol. The highest BCUT2D eigenvalue weighted by molar-refractivity contribution is 5.94. The van der Waals surface area contributed by atoms with Crippen molar-refractivity contribution in [3.8, 4) is 0 Å². The summed E-state index contributed by atoms with van der Waals surface area (Å²) in [5, 5.41) is 18.4. The van der Waals surface area contributed by atoms with Crippen LogP contribution < -0.4 is 0 Å². The number of allylic oxidation sites excluding steroid dienone is 4. The Morgan fingerprint density at radius 3 is 2.00 bits per heavy atom. The van der Waals surface area contributed by atoms with Crippen molar-refractivity contribution in [2.75, 3.05) is 0 Å². The third-order valence-corrected chi connectivity index (χ3v) is 3.74. The van der Waals surface area contributed by atoms with E-state index in [-0.39, 0.29) is 5.57 Å². The van der Waals surface area contributed by atoms with Crippen molar-refractivity contribution in [3.63, 3.8) is 0 Å². The van der Waals surface area contributed by atoms with Crippen molar-refractivity contribution < 1.29 is 19.8 Å². The highest BCUT2D eigenvalue weighted by Crippen LogP contribution is 2.48. The molecule has 0 bridgehead atoms. The molecule has 2 atom stereocenters. The van der Waals surface area contributed by atoms with Crippen molar-refractivity contribution >= 4 is 11.9 Å². The van der Waals surface area contributed by atoms with Crippen LogP contribution in [0, 0.1) is 11.8 Å². The summed E-state index contributed by atoms with van der Waals surface area (Å²) in [6, 6.07) is 0. The van der Waals surface area contributed by atoms with Crippen molar-refractivity contribution in [2.45, 2.75) is 0 Å². The molecule has 1 fully saturated rings. The first kappa shape index (κ1) is 13.8. The van der Waals surface area contributed by atoms with E-state index in [1.807, 2.05) is 0 Å². The fraction of sp³-hybridized carbons (Fsp3) is 0.125. The van der Waals surface area contributed by atoms with Crippen LogP contribution in [0.4, 0.5) is 0 Å². The van der Waals surface area contributed by atoms with E-state index in [0.717, 1.165) is 0 Å². The molecule has 102 valence electrons. The van der Waals surface area contributed by atoms with E-state index < -0.39 is 23.8 Å². The van der Waals surface area contributed by atoms with E-state index in [2.05, 4.69) is 26.3 Å². The topological polar surface area (TPSA) is 74.6 Å². The van der Waals surface area contributed by atoms with E-state index in [9.17, 15) is 14.7 Å². The van der Waals surface area contributed by atoms with Gasteiger partial charge < -0.3 is 10.2 Å². The first-order valence-electron chi connectivity index (χ1n) is 5.91. The number of hydrogen-bond acceptors (Lipinski definition) is 2. The Morgan fingerprint density at radius 1 is 0.900 bits per heavy atom. The summed E-state index contributed by atoms with van der Waals surface area (Å²) in [6.45, 7) is 15.3. The normalized spacial score (nSPS) is 25.8. The molecular formula is C16H14O4. The lowest BCUT2D eigenvalue weighted by Crippen LogP contribution is -2.32. The fourth-order valence-electron chi connectivity index (χ4n) is 2.66. The highest BCUT2D eigenvalue weighted by Gasteiger charge is 2.41. The maximum absolute atomic E-state index is 11.3. The molecule has 0 spiro atoms. The standard InChI is InChI=1S/C16H14O4/c1-7-8(2)14(16(19)20)9(3)11-5-6-12(15(17)18)10(4)13(7)11/h5-6,13-14H,1-4H2,(H,17,18)(H,19,20). The molecule has 20 heavy (non-hydrogen) atoms. The lowest BCUT2D eigenvalue weighted by molar-refractivity contribution is -0.139. The Hall–Kier alpha value is -2.62. The Balaban J connectivity index is 2.59. The Kier molecular flexibility index (Phi) is 3.10. The molecule has 0 amide bonds. The van der Waals surface area contributed by atoms with Crippen LogP contribution in [-0.2, 0) is 9.59 Å². The van der Waals surface area contributed by atoms with E-state index in [4.69, 9.17) is 5.11 Å². The highest BCUT2D eigenvalue weighted by atomic mass is 16.4. The Labute approximate surface area is 116 Å². The number of carboxylic acids is 2. The molecule has 2 aliphatic carbocycles. The average Bonchev–Trinajstić information content (AvgIpc) is 2.35. The molecule has 2 aliphatic rings. The second-order valence-corrected chi connectivity index (χ2v) is 4.81. The Bertz CT molecular complexity index is 658. The van der Waals surface area contributed by atoms with Gasteiger partial charge in [0.05, 0.1) is 5.57 Å². The number of rotatable bonds is 2. The summed E-state index contributed by atoms with van der Waals surface area (Å²) in [7, 11) is 0. The van der Waals surface area contributed by atoms with Crippen LogP contribution in [0.2, 0.25) is 0 Å². The van der Waals surface area contributed by atoms with E-state index in [0.29, 0.717) is 27.9 Å². The van der Waals surface area contributed by atoms with Gasteiger partial charge in [-0.25, -0.2) is 4.79 Å². The zero-order chi connectivity index (χ0) is 15.2. The van der Waals surface area contributed by atoms with Crippen molar-refractivity contribution in [3.05, 3.63) is 71.9 Å². The van der Waals surface area contributed by atoms with Crippen molar-refractivity contribution in [1.29, 1.82) is 0 Å². The van der Waals surface area contributed by atoms with Crippen molar-refractivity contribution in [1.82, 2.24) is 0 Å². The maximum atomic E-state index is 11.3. The van der Waals surface area contributed by atoms with E-state index >= 15 is 0 Å². The Morgan fingerprint density at radius 2 is 1.50 bits per heavy atom. The van der Waals surface area contributed by atoms with E-state index in [1.54, 1.807) is 6.08 Å². The lowest BCUT2D eigenvalue weighted by Gasteiger charge is -2.38. The van der Waals surface area contributed by atoms with Gasteiger partial charge in [0.2, 0.25) is 0 Å². The first-order chi connectivity index (χ1) is 9.27. The van der Waals surface area contributed by atoms with Gasteiger partial charge in [-0.15, -0.1) is 0 Å². The van der Waals surface area contributed by atoms with E-state index in [1.165, 1.54) is 6.08 Å². The minimum absolute atomic E-state index is 0.0919. The van der Waals surface area contributed by atoms with Crippen molar-refractivity contribution in [2.24, 2.45) is 11.8 Å². The van der Waals surface area contributed by atoms with Gasteiger partial charge in [0, 0.05) is 5.92 Å². The molecule has 2 N–H and O–H groups in total. The number of carbonyl (C=O) groups is 2. The molecule has 0 aromatic rings. The number of hydrogen-bond donors (Lipinski definition) is 2. The molecule has 1 saturated carbocycles. The SMILES string of the molecule is C=C1C(=C)C2C(=C)C(C(=O)O)=CC=C2C(=C)C1C(=O)O. The van der Waals surface area contributed by atoms with Crippen LogP contribution in [0.3, 0.4) is 0 Å². The third-order valence-electron chi connectivity index (χ3n) is 3.74. The molecule has 4 nitrogen and oxygen atoms in total. The number of carboxylic acid groups (broad SMARTS) is 2. The smallest absolute Gasteiger partial charge is 0.335 e. The number of aliphatic carboxylic acids is 2. The van der Waals surface area contributed by atoms with Gasteiger partial charge in [-0.05, 0) is 33.9 Å². The van der Waals surface area contributed by atoms with Crippen LogP contribution in [0.15, 0.2) is 71.9 Å². The summed E-state index contributed by atoms with van der Waals surface area (Å²) in [6.07, 6.45) is 3.00. The minimum Gasteiger partial charge on any atom is -0.481 e. The van der Waals surface area contributed by atoms with Gasteiger partial charge in [-0.3, -0.25) is 4.79 Å². The zero-order valence-electron chi connectivity index (χ0n) is 10.8. The second-order valence-electron chi connectivity index (χ2n) is 4.81. The summed E-state index contributed by atoms with van der Waals surface area (Å²) >= 11 is 0. The summed E-state index contributed by atoms with van der Waals surface area (Å²) in [5.41, 5.74) is 2.34. The van der Waals surface area contributed by atoms with Gasteiger partial charge >= 0.3 is 11.9 Å². The molecule has 0 aromatic carbocycles. The molecule has 0 radical (unpaired) electrons. The molecule has 0 aromatic heterocycles. The monoisotopic (exact) mass is 270 g/mol. The van der Waals surface area contributed by atoms with Gasteiger partial charge in [-0.2, -0.15) is 0 Å². The molecule has 0 saturated heterocycles. The molecule has 2 unspecified atom stereocenters. The number of fused-ring (bicyclic) bond motifs is 1. The van der Waals surface area contributed by atoms with Gasteiger partial charge in [0.15, 0.2) is 0 Å². The van der Waals surface area contributed by atoms with Crippen LogP contribution in [0.5, 0.6) is 0 Å². The molecular weight excluding hydrogens is 256 g/mol. The molecule has 0 heterocycles. The molecule has 4 heteroatoms. The lowest BCUT2D eigenvalue weighted by atomic mass is 9.65. The maximum Gasteiger partial charge on any atom is 0.335 e. The quantitative estimate of drug-likeness (QED) is 0.808. The van der Waals surface area contributed by atoms with Crippen LogP contribution >= 0.6 is 0 Å². The first-order valence-corrected chi connectivity index (χ1v) is 5.91. The van der Waals surface area contributed by atoms with Crippen LogP contribution in [-0.4, -0.2) is 22.2 Å². The minimum atomic E-state index is -1.07. The van der Waals surface area contributed by atoms with Crippen LogP contribution in [0.1, 0.15) is 0 Å². The second kappa shape index (κ2) is 4.49. The molecule has 0 aliphatic heterocycles. The summed E-state index contributed by atoms with van der Waals surface area (Å²) < 4.78 is 0. The van der Waals surface area contributed by atoms with Crippen LogP contribution in [0.25, 0.3) is 0 Å². The predicted molar refractivity (Wildman–Crippen MR) is 75.0 cm³/mol. The molecule has 2 rings (SSSR count). The van der Waals surface area contributed by atoms with Gasteiger partial charge in [0.1, 0.15) is 5.92 Å². The summed E-state index contributed by atoms with van der Waals surface area (Å²) in [5.74, 6) is -3.49. The predicted octanol–water partition coefficient (Wildman–Crippen LogP) is 2.49. The summed E-state index contributed by atoms with van der Waals surface area (Å²) in [4.78, 5) is 22.5. The zero-order valence-corrected chi connectivity index (χ0v) is 10.8. The largest absolute Gasteiger partial charge is 0.481 e. The third kappa shape index (κ3) is 1.77. The van der Waals surface area contributed by atoms with Gasteiger partial charge in [-0.1, -0.05) is 32.4 Å². The fourth-order valence-corrected chi connectivity index (χ4v) is 2.66. The van der Waals surface area contributed by atoms with Gasteiger partial charge in [0.25, 0.3) is 0 Å².